The predicted molar refractivity (Wildman–Crippen MR) is 306 cm³/mol. The molecule has 2 N–H and O–H groups in total. The SMILES string of the molecule is CCCCC(CC)CN1C(=O)c2ccc3c4c(Oc5cc(C(C)(C)C)cc(C(C)(C)C)c5)cc5c6c(ccc(c7c(Oc8cc(C(C)(C)C)cc(C(C)(C)C)c8)cc(c2c37)C1=O)c64)C(=O)N(c1ccc(N)cc1)C5=O. The Bertz CT molecular complexity index is 3620. The van der Waals surface area contributed by atoms with Crippen molar-refractivity contribution in [3.05, 3.63) is 142 Å². The Morgan fingerprint density at radius 3 is 1.28 bits per heavy atom. The first-order chi connectivity index (χ1) is 35.2. The molecule has 9 nitrogen and oxygen atoms in total. The summed E-state index contributed by atoms with van der Waals surface area (Å²) in [7, 11) is 0. The van der Waals surface area contributed by atoms with Crippen molar-refractivity contribution < 1.29 is 28.7 Å². The lowest BCUT2D eigenvalue weighted by atomic mass is 9.80. The molecule has 9 heteroatoms. The van der Waals surface area contributed by atoms with Gasteiger partial charge in [-0.1, -0.05) is 140 Å². The summed E-state index contributed by atoms with van der Waals surface area (Å²) < 4.78 is 14.6. The van der Waals surface area contributed by atoms with E-state index < -0.39 is 11.8 Å². The first-order valence-electron chi connectivity index (χ1n) is 26.8. The standard InChI is InChI=1S/C66H71N3O6/c1-15-17-18-36(16-2)35-68-59(70)47-25-23-45-56-52(75-44-31-39(65(9,10)11)28-40(32-44)66(12,13)14)34-50-54-48(61(72)69(62(50)73)42-21-19-41(67)20-22-42)26-24-46(58(54)56)55-51(33-49(60(68)71)53(47)57(45)55)74-43-29-37(63(3,4)5)27-38(30-43)64(6,7)8/h19-34,36H,15-18,35,67H2,1-14H3. The van der Waals surface area contributed by atoms with Crippen molar-refractivity contribution in [3.63, 3.8) is 0 Å². The van der Waals surface area contributed by atoms with E-state index in [1.807, 2.05) is 24.3 Å². The van der Waals surface area contributed by atoms with Crippen LogP contribution in [0.4, 0.5) is 11.4 Å². The predicted octanol–water partition coefficient (Wildman–Crippen LogP) is 16.7. The van der Waals surface area contributed by atoms with E-state index in [2.05, 4.69) is 133 Å². The van der Waals surface area contributed by atoms with Crippen LogP contribution in [-0.2, 0) is 21.7 Å². The summed E-state index contributed by atoms with van der Waals surface area (Å²) in [6, 6.07) is 30.6. The average Bonchev–Trinajstić information content (AvgIpc) is 3.34. The van der Waals surface area contributed by atoms with Gasteiger partial charge >= 0.3 is 0 Å². The van der Waals surface area contributed by atoms with Gasteiger partial charge in [-0.25, -0.2) is 4.90 Å². The molecule has 1 atom stereocenters. The van der Waals surface area contributed by atoms with E-state index in [0.717, 1.165) is 47.9 Å². The molecule has 2 heterocycles. The van der Waals surface area contributed by atoms with Crippen LogP contribution >= 0.6 is 0 Å². The van der Waals surface area contributed by atoms with Crippen LogP contribution in [0.2, 0.25) is 0 Å². The first-order valence-corrected chi connectivity index (χ1v) is 26.8. The minimum atomic E-state index is -0.508. The van der Waals surface area contributed by atoms with Gasteiger partial charge in [0.2, 0.25) is 0 Å². The monoisotopic (exact) mass is 1000 g/mol. The van der Waals surface area contributed by atoms with Crippen molar-refractivity contribution in [2.24, 2.45) is 5.92 Å². The zero-order valence-corrected chi connectivity index (χ0v) is 46.3. The van der Waals surface area contributed by atoms with E-state index in [1.165, 1.54) is 9.80 Å². The third-order valence-electron chi connectivity index (χ3n) is 15.7. The second-order valence-corrected chi connectivity index (χ2v) is 25.3. The summed E-state index contributed by atoms with van der Waals surface area (Å²) >= 11 is 0. The molecule has 4 amide bonds. The highest BCUT2D eigenvalue weighted by molar-refractivity contribution is 6.45. The number of benzene rings is 8. The minimum Gasteiger partial charge on any atom is -0.457 e. The Morgan fingerprint density at radius 2 is 0.867 bits per heavy atom. The van der Waals surface area contributed by atoms with Gasteiger partial charge in [-0.15, -0.1) is 0 Å². The van der Waals surface area contributed by atoms with E-state index in [1.54, 1.807) is 36.4 Å². The number of rotatable bonds is 11. The molecule has 8 aromatic rings. The first kappa shape index (κ1) is 51.2. The highest BCUT2D eigenvalue weighted by Crippen LogP contribution is 2.54. The Balaban J connectivity index is 1.34. The molecular formula is C66H71N3O6. The van der Waals surface area contributed by atoms with Crippen LogP contribution in [0.15, 0.2) is 97.1 Å². The number of nitrogen functional groups attached to an aromatic ring is 1. The fourth-order valence-electron chi connectivity index (χ4n) is 11.1. The van der Waals surface area contributed by atoms with Crippen molar-refractivity contribution in [2.75, 3.05) is 17.2 Å². The Labute approximate surface area is 441 Å². The molecule has 2 aliphatic heterocycles. The summed E-state index contributed by atoms with van der Waals surface area (Å²) in [5.41, 5.74) is 11.9. The van der Waals surface area contributed by atoms with Crippen LogP contribution in [0.3, 0.4) is 0 Å². The Kier molecular flexibility index (Phi) is 12.3. The number of carbonyl (C=O) groups excluding carboxylic acids is 4. The van der Waals surface area contributed by atoms with Gasteiger partial charge in [0.25, 0.3) is 23.6 Å². The van der Waals surface area contributed by atoms with Crippen molar-refractivity contribution in [1.82, 2.24) is 4.90 Å². The number of hydrogen-bond donors (Lipinski definition) is 1. The highest BCUT2D eigenvalue weighted by atomic mass is 16.5. The topological polar surface area (TPSA) is 119 Å². The number of hydrogen-bond acceptors (Lipinski definition) is 7. The van der Waals surface area contributed by atoms with Gasteiger partial charge in [0.1, 0.15) is 23.0 Å². The van der Waals surface area contributed by atoms with E-state index in [9.17, 15) is 4.79 Å². The lowest BCUT2D eigenvalue weighted by Crippen LogP contribution is -2.43. The number of nitrogens with zero attached hydrogens (tertiary/aromatic N) is 2. The van der Waals surface area contributed by atoms with Gasteiger partial charge in [-0.05, 0) is 140 Å². The smallest absolute Gasteiger partial charge is 0.266 e. The van der Waals surface area contributed by atoms with Gasteiger partial charge in [0.05, 0.1) is 16.8 Å². The molecule has 0 radical (unpaired) electrons. The summed E-state index contributed by atoms with van der Waals surface area (Å²) in [6.45, 7) is 30.7. The summed E-state index contributed by atoms with van der Waals surface area (Å²) in [5, 5.41) is 4.99. The molecule has 0 bridgehead atoms. The summed E-state index contributed by atoms with van der Waals surface area (Å²) in [5.74, 6) is 0.456. The molecular weight excluding hydrogens is 931 g/mol. The molecule has 1 unspecified atom stereocenters. The zero-order valence-electron chi connectivity index (χ0n) is 46.3. The van der Waals surface area contributed by atoms with Crippen molar-refractivity contribution in [1.29, 1.82) is 0 Å². The minimum absolute atomic E-state index is 0.141. The van der Waals surface area contributed by atoms with Crippen LogP contribution in [0.25, 0.3) is 43.1 Å². The van der Waals surface area contributed by atoms with Crippen LogP contribution in [0, 0.1) is 5.92 Å². The van der Waals surface area contributed by atoms with E-state index >= 15 is 14.4 Å². The number of imide groups is 2. The van der Waals surface area contributed by atoms with Crippen molar-refractivity contribution in [3.8, 4) is 23.0 Å². The van der Waals surface area contributed by atoms with Gasteiger partial charge in [-0.3, -0.25) is 24.1 Å². The molecule has 8 aromatic carbocycles. The number of amides is 4. The fourth-order valence-corrected chi connectivity index (χ4v) is 11.1. The normalized spacial score (nSPS) is 14.9. The molecule has 0 fully saturated rings. The van der Waals surface area contributed by atoms with Crippen LogP contribution in [0.1, 0.15) is 186 Å². The second kappa shape index (κ2) is 18.0. The molecule has 0 aromatic heterocycles. The number of unbranched alkanes of at least 4 members (excludes halogenated alkanes) is 1. The van der Waals surface area contributed by atoms with Crippen LogP contribution < -0.4 is 20.1 Å². The van der Waals surface area contributed by atoms with Gasteiger partial charge in [0.15, 0.2) is 0 Å². The largest absolute Gasteiger partial charge is 0.457 e. The summed E-state index contributed by atoms with van der Waals surface area (Å²) in [6.07, 6.45) is 3.76. The number of nitrogens with two attached hydrogens (primary N) is 1. The highest BCUT2D eigenvalue weighted by Gasteiger charge is 2.40. The quantitative estimate of drug-likeness (QED) is 0.0593. The molecule has 0 saturated carbocycles. The maximum absolute atomic E-state index is 15.3. The molecule has 10 rings (SSSR count). The van der Waals surface area contributed by atoms with Gasteiger partial charge < -0.3 is 15.2 Å². The van der Waals surface area contributed by atoms with Gasteiger partial charge in [-0.2, -0.15) is 0 Å². The van der Waals surface area contributed by atoms with Crippen LogP contribution in [-0.4, -0.2) is 35.1 Å². The molecule has 2 aliphatic rings. The lowest BCUT2D eigenvalue weighted by molar-refractivity contribution is 0.0579. The Morgan fingerprint density at radius 1 is 0.467 bits per heavy atom. The van der Waals surface area contributed by atoms with Crippen molar-refractivity contribution in [2.45, 2.75) is 144 Å². The summed E-state index contributed by atoms with van der Waals surface area (Å²) in [4.78, 5) is 63.2. The third-order valence-corrected chi connectivity index (χ3v) is 15.7. The molecule has 75 heavy (non-hydrogen) atoms. The molecule has 0 saturated heterocycles. The lowest BCUT2D eigenvalue weighted by Gasteiger charge is -2.32. The number of ether oxygens (including phenoxy) is 2. The molecule has 0 spiro atoms. The van der Waals surface area contributed by atoms with E-state index in [4.69, 9.17) is 15.2 Å². The number of carbonyl (C=O) groups is 4. The number of anilines is 2. The number of fused-ring (bicyclic) bond motifs is 2. The van der Waals surface area contributed by atoms with Crippen molar-refractivity contribution >= 4 is 78.1 Å². The van der Waals surface area contributed by atoms with Gasteiger partial charge in [0, 0.05) is 55.7 Å². The molecule has 0 aliphatic carbocycles. The zero-order chi connectivity index (χ0) is 54.0. The maximum Gasteiger partial charge on any atom is 0.266 e. The molecule has 386 valence electrons. The Hall–Kier alpha value is -7.26. The maximum atomic E-state index is 15.3. The van der Waals surface area contributed by atoms with E-state index in [-0.39, 0.29) is 39.4 Å². The van der Waals surface area contributed by atoms with Crippen LogP contribution in [0.5, 0.6) is 23.0 Å². The average molecular weight is 1000 g/mol. The van der Waals surface area contributed by atoms with E-state index in [0.29, 0.717) is 106 Å². The third kappa shape index (κ3) is 8.76. The fraction of sp³-hybridized carbons (Fsp3) is 0.364. The second-order valence-electron chi connectivity index (χ2n) is 25.3.